The summed E-state index contributed by atoms with van der Waals surface area (Å²) in [6.45, 7) is 12.8. The minimum absolute atomic E-state index is 0. The SMILES string of the molecule is C.C.CC(=O)C1CC1C.CC(C)=O.CCC.COCC(C)=O. The molecule has 0 aliphatic heterocycles. The van der Waals surface area contributed by atoms with Crippen LogP contribution in [0, 0.1) is 11.8 Å². The second-order valence-corrected chi connectivity index (χ2v) is 5.18. The van der Waals surface area contributed by atoms with Crippen LogP contribution in [0.15, 0.2) is 0 Å². The molecule has 0 saturated heterocycles. The molecular formula is C18H40O4. The molecule has 0 aromatic rings. The van der Waals surface area contributed by atoms with Crippen molar-refractivity contribution in [2.24, 2.45) is 11.8 Å². The van der Waals surface area contributed by atoms with Crippen LogP contribution in [0.1, 0.15) is 76.2 Å². The van der Waals surface area contributed by atoms with Gasteiger partial charge in [0.2, 0.25) is 0 Å². The molecule has 0 bridgehead atoms. The highest BCUT2D eigenvalue weighted by atomic mass is 16.5. The standard InChI is InChI=1S/C6H10O.C4H8O2.C3H6O.C3H8.2CH4/c1-4-3-6(4)5(2)7;1-4(5)3-6-2;1-3(2)4;1-3-2;;/h4,6H,3H2,1-2H3;3H2,1-2H3;1-2H3;3H2,1-2H3;2*1H4. The summed E-state index contributed by atoms with van der Waals surface area (Å²) in [6, 6.07) is 0. The molecule has 0 aromatic heterocycles. The Morgan fingerprint density at radius 1 is 1.00 bits per heavy atom. The van der Waals surface area contributed by atoms with E-state index in [0.717, 1.165) is 6.42 Å². The molecule has 0 N–H and O–H groups in total. The van der Waals surface area contributed by atoms with Crippen molar-refractivity contribution in [3.63, 3.8) is 0 Å². The zero-order valence-corrected chi connectivity index (χ0v) is 14.4. The zero-order chi connectivity index (χ0) is 16.7. The lowest BCUT2D eigenvalue weighted by Crippen LogP contribution is -1.98. The summed E-state index contributed by atoms with van der Waals surface area (Å²) in [5.41, 5.74) is 0. The Labute approximate surface area is 139 Å². The summed E-state index contributed by atoms with van der Waals surface area (Å²) in [7, 11) is 1.50. The Morgan fingerprint density at radius 3 is 1.27 bits per heavy atom. The van der Waals surface area contributed by atoms with E-state index in [4.69, 9.17) is 0 Å². The lowest BCUT2D eigenvalue weighted by Gasteiger charge is -1.84. The monoisotopic (exact) mass is 320 g/mol. The Balaban J connectivity index is -0.0000000596. The van der Waals surface area contributed by atoms with Crippen LogP contribution >= 0.6 is 0 Å². The molecule has 1 aliphatic carbocycles. The van der Waals surface area contributed by atoms with Gasteiger partial charge in [0, 0.05) is 13.0 Å². The van der Waals surface area contributed by atoms with Crippen molar-refractivity contribution >= 4 is 17.3 Å². The molecule has 2 unspecified atom stereocenters. The number of rotatable bonds is 3. The van der Waals surface area contributed by atoms with Gasteiger partial charge in [-0.25, -0.2) is 0 Å². The molecule has 0 amide bonds. The highest BCUT2D eigenvalue weighted by molar-refractivity contribution is 5.81. The van der Waals surface area contributed by atoms with Crippen LogP contribution < -0.4 is 0 Å². The van der Waals surface area contributed by atoms with Gasteiger partial charge in [-0.2, -0.15) is 0 Å². The number of hydrogen-bond donors (Lipinski definition) is 0. The fraction of sp³-hybridized carbons (Fsp3) is 0.833. The van der Waals surface area contributed by atoms with Gasteiger partial charge in [-0.05, 0) is 40.0 Å². The Hall–Kier alpha value is -1.03. The summed E-state index contributed by atoms with van der Waals surface area (Å²) in [4.78, 5) is 29.8. The summed E-state index contributed by atoms with van der Waals surface area (Å²) in [6.07, 6.45) is 2.38. The topological polar surface area (TPSA) is 60.4 Å². The molecule has 0 aromatic carbocycles. The van der Waals surface area contributed by atoms with Gasteiger partial charge in [0.25, 0.3) is 0 Å². The quantitative estimate of drug-likeness (QED) is 0.753. The Kier molecular flexibility index (Phi) is 33.2. The second-order valence-electron chi connectivity index (χ2n) is 5.18. The molecule has 4 heteroatoms. The van der Waals surface area contributed by atoms with Crippen LogP contribution in [0.25, 0.3) is 0 Å². The minimum atomic E-state index is 0. The van der Waals surface area contributed by atoms with Gasteiger partial charge >= 0.3 is 0 Å². The van der Waals surface area contributed by atoms with E-state index in [-0.39, 0.29) is 33.0 Å². The lowest BCUT2D eigenvalue weighted by molar-refractivity contribution is -0.120. The third-order valence-electron chi connectivity index (χ3n) is 1.98. The highest BCUT2D eigenvalue weighted by Gasteiger charge is 2.36. The fourth-order valence-electron chi connectivity index (χ4n) is 1.09. The third-order valence-corrected chi connectivity index (χ3v) is 1.98. The number of carbonyl (C=O) groups excluding carboxylic acids is 3. The van der Waals surface area contributed by atoms with Crippen LogP contribution in [0.2, 0.25) is 0 Å². The lowest BCUT2D eigenvalue weighted by atomic mass is 10.2. The van der Waals surface area contributed by atoms with E-state index in [1.165, 1.54) is 34.3 Å². The summed E-state index contributed by atoms with van der Waals surface area (Å²) in [5.74, 6) is 1.72. The van der Waals surface area contributed by atoms with Crippen molar-refractivity contribution in [1.82, 2.24) is 0 Å². The van der Waals surface area contributed by atoms with Crippen LogP contribution in [0.5, 0.6) is 0 Å². The molecule has 1 aliphatic rings. The summed E-state index contributed by atoms with van der Waals surface area (Å²) < 4.78 is 4.45. The maximum absolute atomic E-state index is 10.4. The van der Waals surface area contributed by atoms with E-state index in [1.54, 1.807) is 6.92 Å². The number of hydrogen-bond acceptors (Lipinski definition) is 4. The van der Waals surface area contributed by atoms with Crippen molar-refractivity contribution in [3.8, 4) is 0 Å². The Bertz CT molecular complexity index is 268. The van der Waals surface area contributed by atoms with E-state index < -0.39 is 0 Å². The molecular weight excluding hydrogens is 280 g/mol. The van der Waals surface area contributed by atoms with E-state index in [2.05, 4.69) is 25.5 Å². The van der Waals surface area contributed by atoms with Gasteiger partial charge in [-0.1, -0.05) is 42.0 Å². The predicted octanol–water partition coefficient (Wildman–Crippen LogP) is 4.74. The van der Waals surface area contributed by atoms with Gasteiger partial charge in [0.15, 0.2) is 5.78 Å². The number of carbonyl (C=O) groups is 3. The van der Waals surface area contributed by atoms with Crippen molar-refractivity contribution < 1.29 is 19.1 Å². The zero-order valence-electron chi connectivity index (χ0n) is 14.4. The number of ketones is 3. The summed E-state index contributed by atoms with van der Waals surface area (Å²) in [5, 5.41) is 0. The van der Waals surface area contributed by atoms with E-state index in [0.29, 0.717) is 17.6 Å². The van der Waals surface area contributed by atoms with Gasteiger partial charge < -0.3 is 9.53 Å². The van der Waals surface area contributed by atoms with Gasteiger partial charge in [0.05, 0.1) is 0 Å². The van der Waals surface area contributed by atoms with Crippen molar-refractivity contribution in [3.05, 3.63) is 0 Å². The molecule has 1 rings (SSSR count). The number of Topliss-reactive ketones (excluding diaryl/α,β-unsaturated/α-hetero) is 3. The van der Waals surface area contributed by atoms with E-state index in [9.17, 15) is 14.4 Å². The third kappa shape index (κ3) is 42.8. The average molecular weight is 321 g/mol. The molecule has 0 heterocycles. The molecule has 2 atom stereocenters. The van der Waals surface area contributed by atoms with Gasteiger partial charge in [-0.15, -0.1) is 0 Å². The first-order chi connectivity index (χ1) is 9.13. The molecule has 1 saturated carbocycles. The molecule has 0 spiro atoms. The molecule has 22 heavy (non-hydrogen) atoms. The van der Waals surface area contributed by atoms with Crippen LogP contribution in [0.3, 0.4) is 0 Å². The maximum Gasteiger partial charge on any atom is 0.155 e. The minimum Gasteiger partial charge on any atom is -0.377 e. The predicted molar refractivity (Wildman–Crippen MR) is 96.3 cm³/mol. The highest BCUT2D eigenvalue weighted by Crippen LogP contribution is 2.37. The summed E-state index contributed by atoms with van der Waals surface area (Å²) >= 11 is 0. The molecule has 136 valence electrons. The number of ether oxygens (including phenoxy) is 1. The van der Waals surface area contributed by atoms with Gasteiger partial charge in [-0.3, -0.25) is 9.59 Å². The van der Waals surface area contributed by atoms with E-state index >= 15 is 0 Å². The van der Waals surface area contributed by atoms with Crippen molar-refractivity contribution in [2.75, 3.05) is 13.7 Å². The number of methoxy groups -OCH3 is 1. The average Bonchev–Trinajstić information content (AvgIpc) is 2.96. The molecule has 4 nitrogen and oxygen atoms in total. The molecule has 1 fully saturated rings. The second kappa shape index (κ2) is 22.3. The van der Waals surface area contributed by atoms with Crippen LogP contribution in [-0.2, 0) is 19.1 Å². The first-order valence-corrected chi connectivity index (χ1v) is 7.09. The fourth-order valence-corrected chi connectivity index (χ4v) is 1.09. The van der Waals surface area contributed by atoms with Crippen LogP contribution in [0.4, 0.5) is 0 Å². The first kappa shape index (κ1) is 32.8. The largest absolute Gasteiger partial charge is 0.377 e. The Morgan fingerprint density at radius 2 is 1.27 bits per heavy atom. The van der Waals surface area contributed by atoms with E-state index in [1.807, 2.05) is 0 Å². The maximum atomic E-state index is 10.4. The molecule has 0 radical (unpaired) electrons. The van der Waals surface area contributed by atoms with Gasteiger partial charge in [0.1, 0.15) is 18.2 Å². The van der Waals surface area contributed by atoms with Crippen molar-refractivity contribution in [2.45, 2.75) is 76.2 Å². The first-order valence-electron chi connectivity index (χ1n) is 7.09. The van der Waals surface area contributed by atoms with Crippen LogP contribution in [-0.4, -0.2) is 31.1 Å². The normalized spacial score (nSPS) is 16.4. The van der Waals surface area contributed by atoms with Crippen molar-refractivity contribution in [1.29, 1.82) is 0 Å². The smallest absolute Gasteiger partial charge is 0.155 e.